The van der Waals surface area contributed by atoms with Gasteiger partial charge in [-0.3, -0.25) is 4.79 Å². The van der Waals surface area contributed by atoms with Crippen molar-refractivity contribution in [2.45, 2.75) is 51.1 Å². The van der Waals surface area contributed by atoms with Crippen molar-refractivity contribution in [2.75, 3.05) is 26.7 Å². The summed E-state index contributed by atoms with van der Waals surface area (Å²) in [5, 5.41) is 11.0. The number of rotatable bonds is 9. The van der Waals surface area contributed by atoms with E-state index >= 15 is 0 Å². The molecule has 1 rings (SSSR count). The topological polar surface area (TPSA) is 98.1 Å². The van der Waals surface area contributed by atoms with E-state index in [9.17, 15) is 13.2 Å². The molecule has 0 unspecified atom stereocenters. The molecule has 7 nitrogen and oxygen atoms in total. The highest BCUT2D eigenvalue weighted by Gasteiger charge is 2.28. The first-order valence-electron chi connectivity index (χ1n) is 9.12. The Morgan fingerprint density at radius 1 is 1.22 bits per heavy atom. The predicted octanol–water partition coefficient (Wildman–Crippen LogP) is 1.10. The minimum Gasteiger partial charge on any atom is -0.333 e. The molecule has 0 bridgehead atoms. The van der Waals surface area contributed by atoms with Crippen LogP contribution in [-0.2, 0) is 14.8 Å². The van der Waals surface area contributed by atoms with Crippen LogP contribution in [0.5, 0.6) is 0 Å². The quantitative estimate of drug-likeness (QED) is 0.677. The maximum Gasteiger partial charge on any atom is 0.278 e. The van der Waals surface area contributed by atoms with Crippen LogP contribution in [0.3, 0.4) is 0 Å². The van der Waals surface area contributed by atoms with Gasteiger partial charge in [0.1, 0.15) is 11.6 Å². The number of sulfonamides is 1. The molecular weight excluding hydrogens is 364 g/mol. The second-order valence-electron chi connectivity index (χ2n) is 7.01. The number of benzene rings is 1. The zero-order valence-corrected chi connectivity index (χ0v) is 17.9. The van der Waals surface area contributed by atoms with Gasteiger partial charge in [-0.05, 0) is 32.9 Å². The Morgan fingerprint density at radius 2 is 1.74 bits per heavy atom. The van der Waals surface area contributed by atoms with E-state index in [2.05, 4.69) is 6.07 Å². The Hall–Kier alpha value is -1.95. The number of nitrogens with two attached hydrogens (primary N) is 1. The number of hydrogen-bond donors (Lipinski definition) is 1. The lowest BCUT2D eigenvalue weighted by atomic mass is 10.1. The fraction of sp³-hybridized carbons (Fsp3) is 0.579. The number of hydrogen-bond acceptors (Lipinski definition) is 4. The standard InChI is InChI=1S/C19H30N4O3S/c1-7-23(8-2)27(25,26)17-11-9-16(10-12-17)15(3)21-13-18(24)22(6)19(4,5)14-20/h9-12,15,21H,7-8,13H2,1-6H3/p+1/t15-/m0/s1. The normalized spacial score (nSPS) is 13.3. The highest BCUT2D eigenvalue weighted by molar-refractivity contribution is 7.89. The number of nitrogens with zero attached hydrogens (tertiary/aromatic N) is 3. The van der Waals surface area contributed by atoms with E-state index in [0.29, 0.717) is 13.1 Å². The van der Waals surface area contributed by atoms with E-state index in [1.165, 1.54) is 9.21 Å². The molecule has 0 spiro atoms. The summed E-state index contributed by atoms with van der Waals surface area (Å²) >= 11 is 0. The van der Waals surface area contributed by atoms with Crippen molar-refractivity contribution < 1.29 is 18.5 Å². The summed E-state index contributed by atoms with van der Waals surface area (Å²) in [4.78, 5) is 14.0. The van der Waals surface area contributed by atoms with Gasteiger partial charge in [-0.1, -0.05) is 26.0 Å². The van der Waals surface area contributed by atoms with E-state index in [0.717, 1.165) is 5.56 Å². The Morgan fingerprint density at radius 3 is 2.19 bits per heavy atom. The molecule has 0 saturated heterocycles. The molecule has 0 aliphatic rings. The monoisotopic (exact) mass is 395 g/mol. The largest absolute Gasteiger partial charge is 0.333 e. The number of carbonyl (C=O) groups is 1. The Kier molecular flexibility index (Phi) is 7.96. The molecule has 2 N–H and O–H groups in total. The summed E-state index contributed by atoms with van der Waals surface area (Å²) in [5.74, 6) is -0.130. The summed E-state index contributed by atoms with van der Waals surface area (Å²) < 4.78 is 26.5. The second-order valence-corrected chi connectivity index (χ2v) is 8.95. The minimum atomic E-state index is -3.47. The highest BCUT2D eigenvalue weighted by Crippen LogP contribution is 2.18. The molecule has 27 heavy (non-hydrogen) atoms. The van der Waals surface area contributed by atoms with Crippen LogP contribution in [-0.4, -0.2) is 55.8 Å². The average Bonchev–Trinajstić information content (AvgIpc) is 2.65. The van der Waals surface area contributed by atoms with Crippen molar-refractivity contribution in [3.05, 3.63) is 29.8 Å². The van der Waals surface area contributed by atoms with Crippen LogP contribution in [0.2, 0.25) is 0 Å². The molecule has 1 atom stereocenters. The molecule has 1 aromatic carbocycles. The first-order chi connectivity index (χ1) is 12.5. The minimum absolute atomic E-state index is 0.0160. The SMILES string of the molecule is CCN(CC)S(=O)(=O)c1ccc([C@H](C)[NH2+]CC(=O)N(C)C(C)(C)C#N)cc1. The molecule has 0 fully saturated rings. The molecule has 150 valence electrons. The van der Waals surface area contributed by atoms with Gasteiger partial charge in [0.05, 0.1) is 11.0 Å². The molecule has 1 aromatic rings. The first kappa shape index (κ1) is 23.1. The van der Waals surface area contributed by atoms with Crippen molar-refractivity contribution in [3.63, 3.8) is 0 Å². The van der Waals surface area contributed by atoms with Crippen molar-refractivity contribution in [2.24, 2.45) is 0 Å². The fourth-order valence-electron chi connectivity index (χ4n) is 2.59. The number of quaternary nitrogens is 1. The van der Waals surface area contributed by atoms with Gasteiger partial charge in [0.25, 0.3) is 5.91 Å². The lowest BCUT2D eigenvalue weighted by molar-refractivity contribution is -0.683. The van der Waals surface area contributed by atoms with Gasteiger partial charge in [-0.2, -0.15) is 9.57 Å². The predicted molar refractivity (Wildman–Crippen MR) is 104 cm³/mol. The van der Waals surface area contributed by atoms with Gasteiger partial charge in [-0.25, -0.2) is 8.42 Å². The molecular formula is C19H31N4O3S+. The first-order valence-corrected chi connectivity index (χ1v) is 10.6. The van der Waals surface area contributed by atoms with Crippen LogP contribution in [0.25, 0.3) is 0 Å². The highest BCUT2D eigenvalue weighted by atomic mass is 32.2. The molecule has 0 aliphatic carbocycles. The van der Waals surface area contributed by atoms with Crippen LogP contribution in [0.1, 0.15) is 46.2 Å². The molecule has 1 amide bonds. The molecule has 0 aromatic heterocycles. The number of carbonyl (C=O) groups excluding carboxylic acids is 1. The van der Waals surface area contributed by atoms with Crippen LogP contribution < -0.4 is 5.32 Å². The third-order valence-corrected chi connectivity index (χ3v) is 6.95. The Labute approximate surface area is 163 Å². The van der Waals surface area contributed by atoms with E-state index < -0.39 is 15.6 Å². The maximum absolute atomic E-state index is 12.5. The molecule has 0 aliphatic heterocycles. The fourth-order valence-corrected chi connectivity index (χ4v) is 4.05. The Balaban J connectivity index is 2.80. The smallest absolute Gasteiger partial charge is 0.278 e. The zero-order chi connectivity index (χ0) is 20.8. The van der Waals surface area contributed by atoms with Gasteiger partial charge >= 0.3 is 0 Å². The summed E-state index contributed by atoms with van der Waals surface area (Å²) in [6.07, 6.45) is 0. The van der Waals surface area contributed by atoms with Gasteiger partial charge in [0.15, 0.2) is 6.54 Å². The summed E-state index contributed by atoms with van der Waals surface area (Å²) in [5.41, 5.74) is 0.0812. The number of amides is 1. The average molecular weight is 396 g/mol. The summed E-state index contributed by atoms with van der Waals surface area (Å²) in [7, 11) is -1.85. The van der Waals surface area contributed by atoms with Gasteiger partial charge in [0.2, 0.25) is 10.0 Å². The van der Waals surface area contributed by atoms with Crippen LogP contribution in [0.4, 0.5) is 0 Å². The van der Waals surface area contributed by atoms with Crippen LogP contribution >= 0.6 is 0 Å². The summed E-state index contributed by atoms with van der Waals surface area (Å²) in [6.45, 7) is 10.0. The lowest BCUT2D eigenvalue weighted by Crippen LogP contribution is -2.87. The van der Waals surface area contributed by atoms with Crippen LogP contribution in [0.15, 0.2) is 29.2 Å². The van der Waals surface area contributed by atoms with Gasteiger partial charge < -0.3 is 10.2 Å². The molecule has 0 radical (unpaired) electrons. The van der Waals surface area contributed by atoms with Crippen molar-refractivity contribution in [1.29, 1.82) is 5.26 Å². The van der Waals surface area contributed by atoms with E-state index in [4.69, 9.17) is 5.26 Å². The molecule has 8 heteroatoms. The van der Waals surface area contributed by atoms with Crippen molar-refractivity contribution in [3.8, 4) is 6.07 Å². The maximum atomic E-state index is 12.5. The van der Waals surface area contributed by atoms with Crippen LogP contribution in [0, 0.1) is 11.3 Å². The van der Waals surface area contributed by atoms with Crippen molar-refractivity contribution in [1.82, 2.24) is 9.21 Å². The summed E-state index contributed by atoms with van der Waals surface area (Å²) in [6, 6.07) is 8.88. The van der Waals surface area contributed by atoms with E-state index in [-0.39, 0.29) is 23.4 Å². The zero-order valence-electron chi connectivity index (χ0n) is 17.1. The van der Waals surface area contributed by atoms with Gasteiger partial charge in [-0.15, -0.1) is 0 Å². The molecule has 0 saturated carbocycles. The second kappa shape index (κ2) is 9.31. The Bertz CT molecular complexity index is 778. The van der Waals surface area contributed by atoms with E-state index in [1.54, 1.807) is 45.2 Å². The number of likely N-dealkylation sites (N-methyl/N-ethyl adjacent to an activating group) is 1. The molecule has 0 heterocycles. The third kappa shape index (κ3) is 5.51. The lowest BCUT2D eigenvalue weighted by Gasteiger charge is -2.28. The number of nitriles is 1. The van der Waals surface area contributed by atoms with E-state index in [1.807, 2.05) is 26.1 Å². The van der Waals surface area contributed by atoms with Crippen molar-refractivity contribution >= 4 is 15.9 Å². The van der Waals surface area contributed by atoms with Gasteiger partial charge in [0, 0.05) is 25.7 Å². The third-order valence-electron chi connectivity index (χ3n) is 4.88.